The molecule has 0 aliphatic carbocycles. The van der Waals surface area contributed by atoms with E-state index in [1.165, 1.54) is 0 Å². The van der Waals surface area contributed by atoms with Crippen LogP contribution in [0.15, 0.2) is 65.6 Å². The predicted molar refractivity (Wildman–Crippen MR) is 75.6 cm³/mol. The van der Waals surface area contributed by atoms with E-state index in [-0.39, 0.29) is 6.61 Å². The van der Waals surface area contributed by atoms with Crippen molar-refractivity contribution in [3.05, 3.63) is 60.7 Å². The SMILES string of the molecule is O=S(OC(CF)COc1ccccc1)c1ccccc1. The minimum Gasteiger partial charge on any atom is -0.491 e. The van der Waals surface area contributed by atoms with Gasteiger partial charge in [-0.25, -0.2) is 8.60 Å². The molecular weight excluding hydrogens is 279 g/mol. The van der Waals surface area contributed by atoms with Crippen molar-refractivity contribution in [3.63, 3.8) is 0 Å². The van der Waals surface area contributed by atoms with Gasteiger partial charge in [0.25, 0.3) is 0 Å². The molecule has 0 amide bonds. The number of rotatable bonds is 7. The summed E-state index contributed by atoms with van der Waals surface area (Å²) in [6, 6.07) is 17.7. The molecule has 0 heterocycles. The topological polar surface area (TPSA) is 35.5 Å². The maximum Gasteiger partial charge on any atom is 0.189 e. The van der Waals surface area contributed by atoms with E-state index < -0.39 is 23.9 Å². The molecule has 0 N–H and O–H groups in total. The molecule has 0 aromatic heterocycles. The average molecular weight is 294 g/mol. The molecule has 0 spiro atoms. The van der Waals surface area contributed by atoms with Gasteiger partial charge in [-0.1, -0.05) is 36.4 Å². The zero-order chi connectivity index (χ0) is 14.2. The van der Waals surface area contributed by atoms with Gasteiger partial charge in [0.2, 0.25) is 0 Å². The van der Waals surface area contributed by atoms with Gasteiger partial charge in [-0.15, -0.1) is 0 Å². The smallest absolute Gasteiger partial charge is 0.189 e. The van der Waals surface area contributed by atoms with Gasteiger partial charge >= 0.3 is 0 Å². The maximum atomic E-state index is 12.9. The van der Waals surface area contributed by atoms with Gasteiger partial charge in [0, 0.05) is 0 Å². The lowest BCUT2D eigenvalue weighted by Gasteiger charge is -2.14. The summed E-state index contributed by atoms with van der Waals surface area (Å²) in [5, 5.41) is 0. The molecule has 2 unspecified atom stereocenters. The first kappa shape index (κ1) is 14.7. The van der Waals surface area contributed by atoms with Gasteiger partial charge in [0.15, 0.2) is 11.1 Å². The Morgan fingerprint density at radius 2 is 1.60 bits per heavy atom. The molecular formula is C15H15FO3S. The summed E-state index contributed by atoms with van der Waals surface area (Å²) in [5.41, 5.74) is 0. The van der Waals surface area contributed by atoms with Crippen molar-refractivity contribution in [3.8, 4) is 5.75 Å². The van der Waals surface area contributed by atoms with E-state index in [2.05, 4.69) is 0 Å². The number of benzene rings is 2. The van der Waals surface area contributed by atoms with Crippen LogP contribution in [0.3, 0.4) is 0 Å². The molecule has 106 valence electrons. The third-order valence-electron chi connectivity index (χ3n) is 2.51. The van der Waals surface area contributed by atoms with Crippen molar-refractivity contribution < 1.29 is 17.5 Å². The van der Waals surface area contributed by atoms with Crippen LogP contribution in [-0.4, -0.2) is 23.6 Å². The highest BCUT2D eigenvalue weighted by molar-refractivity contribution is 7.80. The van der Waals surface area contributed by atoms with Gasteiger partial charge < -0.3 is 4.74 Å². The summed E-state index contributed by atoms with van der Waals surface area (Å²) >= 11 is -1.69. The molecule has 2 aromatic carbocycles. The molecule has 2 rings (SSSR count). The van der Waals surface area contributed by atoms with Crippen LogP contribution >= 0.6 is 0 Å². The van der Waals surface area contributed by atoms with Gasteiger partial charge in [-0.05, 0) is 24.3 Å². The first-order valence-corrected chi connectivity index (χ1v) is 7.25. The first-order valence-electron chi connectivity index (χ1n) is 6.17. The molecule has 0 aliphatic heterocycles. The van der Waals surface area contributed by atoms with Crippen LogP contribution in [0, 0.1) is 0 Å². The molecule has 2 aromatic rings. The molecule has 3 nitrogen and oxygen atoms in total. The lowest BCUT2D eigenvalue weighted by molar-refractivity contribution is 0.117. The third kappa shape index (κ3) is 4.43. The van der Waals surface area contributed by atoms with Crippen molar-refractivity contribution in [1.29, 1.82) is 0 Å². The van der Waals surface area contributed by atoms with E-state index in [4.69, 9.17) is 8.92 Å². The highest BCUT2D eigenvalue weighted by Gasteiger charge is 2.15. The zero-order valence-corrected chi connectivity index (χ0v) is 11.6. The monoisotopic (exact) mass is 294 g/mol. The zero-order valence-electron chi connectivity index (χ0n) is 10.8. The number of ether oxygens (including phenoxy) is 1. The Balaban J connectivity index is 1.88. The number of alkyl halides is 1. The van der Waals surface area contributed by atoms with Crippen LogP contribution in [-0.2, 0) is 15.3 Å². The van der Waals surface area contributed by atoms with Crippen LogP contribution in [0.4, 0.5) is 4.39 Å². The fraction of sp³-hybridized carbons (Fsp3) is 0.200. The lowest BCUT2D eigenvalue weighted by Crippen LogP contribution is -2.25. The molecule has 0 aliphatic rings. The summed E-state index contributed by atoms with van der Waals surface area (Å²) < 4.78 is 35.4. The largest absolute Gasteiger partial charge is 0.491 e. The van der Waals surface area contributed by atoms with Gasteiger partial charge in [0.1, 0.15) is 25.1 Å². The van der Waals surface area contributed by atoms with Crippen molar-refractivity contribution in [2.75, 3.05) is 13.3 Å². The van der Waals surface area contributed by atoms with E-state index in [9.17, 15) is 8.60 Å². The predicted octanol–water partition coefficient (Wildman–Crippen LogP) is 3.14. The van der Waals surface area contributed by atoms with Crippen molar-refractivity contribution in [2.45, 2.75) is 11.0 Å². The van der Waals surface area contributed by atoms with Crippen LogP contribution in [0.5, 0.6) is 5.75 Å². The minimum absolute atomic E-state index is 0.0130. The summed E-state index contributed by atoms with van der Waals surface area (Å²) in [5.74, 6) is 0.625. The summed E-state index contributed by atoms with van der Waals surface area (Å²) in [6.45, 7) is -0.746. The first-order chi connectivity index (χ1) is 9.79. The third-order valence-corrected chi connectivity index (χ3v) is 3.61. The second kappa shape index (κ2) is 7.77. The Labute approximate surface area is 120 Å². The van der Waals surface area contributed by atoms with Crippen molar-refractivity contribution in [2.24, 2.45) is 0 Å². The molecule has 0 saturated carbocycles. The second-order valence-corrected chi connectivity index (χ2v) is 5.18. The average Bonchev–Trinajstić information content (AvgIpc) is 2.53. The molecule has 5 heteroatoms. The van der Waals surface area contributed by atoms with Crippen molar-refractivity contribution >= 4 is 11.1 Å². The fourth-order valence-corrected chi connectivity index (χ4v) is 2.36. The number of hydrogen-bond acceptors (Lipinski definition) is 3. The second-order valence-electron chi connectivity index (χ2n) is 4.04. The molecule has 0 saturated heterocycles. The summed E-state index contributed by atoms with van der Waals surface area (Å²) in [4.78, 5) is 0.505. The Kier molecular flexibility index (Phi) is 5.70. The highest BCUT2D eigenvalue weighted by atomic mass is 32.2. The van der Waals surface area contributed by atoms with Gasteiger partial charge in [0.05, 0.1) is 4.90 Å². The Hall–Kier alpha value is -1.72. The normalized spacial score (nSPS) is 13.7. The fourth-order valence-electron chi connectivity index (χ4n) is 1.51. The van der Waals surface area contributed by atoms with E-state index in [0.29, 0.717) is 10.6 Å². The Morgan fingerprint density at radius 3 is 2.20 bits per heavy atom. The number of hydrogen-bond donors (Lipinski definition) is 0. The van der Waals surface area contributed by atoms with E-state index in [1.807, 2.05) is 24.3 Å². The van der Waals surface area contributed by atoms with Gasteiger partial charge in [-0.2, -0.15) is 0 Å². The van der Waals surface area contributed by atoms with Crippen LogP contribution in [0.2, 0.25) is 0 Å². The summed E-state index contributed by atoms with van der Waals surface area (Å²) in [6.07, 6.45) is -0.865. The highest BCUT2D eigenvalue weighted by Crippen LogP contribution is 2.12. The minimum atomic E-state index is -1.69. The standard InChI is InChI=1S/C15H15FO3S/c16-11-14(12-18-13-7-3-1-4-8-13)19-20(17)15-9-5-2-6-10-15/h1-10,14H,11-12H2. The van der Waals surface area contributed by atoms with Gasteiger partial charge in [-0.3, -0.25) is 4.18 Å². The quantitative estimate of drug-likeness (QED) is 0.787. The molecule has 0 bridgehead atoms. The lowest BCUT2D eigenvalue weighted by atomic mass is 10.3. The molecule has 2 atom stereocenters. The van der Waals surface area contributed by atoms with Crippen LogP contribution < -0.4 is 4.74 Å². The van der Waals surface area contributed by atoms with Crippen molar-refractivity contribution in [1.82, 2.24) is 0 Å². The van der Waals surface area contributed by atoms with E-state index >= 15 is 0 Å². The molecule has 20 heavy (non-hydrogen) atoms. The Bertz CT molecular complexity index is 533. The van der Waals surface area contributed by atoms with E-state index in [1.54, 1.807) is 36.4 Å². The number of halogens is 1. The Morgan fingerprint density at radius 1 is 1.00 bits per heavy atom. The molecule has 0 fully saturated rings. The summed E-state index contributed by atoms with van der Waals surface area (Å²) in [7, 11) is 0. The maximum absolute atomic E-state index is 12.9. The molecule has 0 radical (unpaired) electrons. The van der Waals surface area contributed by atoms with Crippen LogP contribution in [0.25, 0.3) is 0 Å². The van der Waals surface area contributed by atoms with Crippen LogP contribution in [0.1, 0.15) is 0 Å². The van der Waals surface area contributed by atoms with E-state index in [0.717, 1.165) is 0 Å². The number of para-hydroxylation sites is 1.